The minimum absolute atomic E-state index is 0.0497. The minimum atomic E-state index is -0.452. The molecule has 1 unspecified atom stereocenters. The van der Waals surface area contributed by atoms with Crippen LogP contribution in [-0.4, -0.2) is 37.0 Å². The molecule has 0 spiro atoms. The van der Waals surface area contributed by atoms with Crippen molar-refractivity contribution < 1.29 is 19.1 Å². The number of para-hydroxylation sites is 1. The van der Waals surface area contributed by atoms with Crippen molar-refractivity contribution in [3.8, 4) is 0 Å². The van der Waals surface area contributed by atoms with Crippen molar-refractivity contribution in [2.45, 2.75) is 57.9 Å². The fourth-order valence-corrected chi connectivity index (χ4v) is 3.95. The molecule has 3 rings (SSSR count). The molecule has 1 saturated heterocycles. The number of hydrogen-bond donors (Lipinski definition) is 1. The number of carbonyl (C=O) groups excluding carboxylic acids is 3. The van der Waals surface area contributed by atoms with Gasteiger partial charge in [-0.15, -0.1) is 0 Å². The van der Waals surface area contributed by atoms with Gasteiger partial charge in [0.1, 0.15) is 0 Å². The summed E-state index contributed by atoms with van der Waals surface area (Å²) in [6.07, 6.45) is 6.96. The van der Waals surface area contributed by atoms with Crippen molar-refractivity contribution in [2.75, 3.05) is 18.1 Å². The largest absolute Gasteiger partial charge is 0.462 e. The summed E-state index contributed by atoms with van der Waals surface area (Å²) in [4.78, 5) is 39.0. The lowest BCUT2D eigenvalue weighted by molar-refractivity contribution is -0.127. The normalized spacial score (nSPS) is 21.0. The zero-order valence-electron chi connectivity index (χ0n) is 15.9. The van der Waals surface area contributed by atoms with Crippen LogP contribution >= 0.6 is 0 Å². The lowest BCUT2D eigenvalue weighted by Gasteiger charge is -2.21. The number of esters is 1. The minimum Gasteiger partial charge on any atom is -0.462 e. The molecule has 0 bridgehead atoms. The van der Waals surface area contributed by atoms with Gasteiger partial charge in [-0.2, -0.15) is 0 Å². The van der Waals surface area contributed by atoms with Crippen LogP contribution in [0.5, 0.6) is 0 Å². The molecular formula is C21H28N2O4. The van der Waals surface area contributed by atoms with E-state index in [9.17, 15) is 14.4 Å². The lowest BCUT2D eigenvalue weighted by Crippen LogP contribution is -2.39. The molecule has 1 saturated carbocycles. The molecule has 1 aliphatic carbocycles. The standard InChI is InChI=1S/C21H28N2O4/c1-2-27-21(26)17-11-7-8-12-18(17)23-14-15(13-19(23)24)20(25)22-16-9-5-3-4-6-10-16/h7-8,11-12,15-16H,2-6,9-10,13-14H2,1H3,(H,22,25). The van der Waals surface area contributed by atoms with Crippen molar-refractivity contribution in [1.29, 1.82) is 0 Å². The van der Waals surface area contributed by atoms with Gasteiger partial charge in [0, 0.05) is 19.0 Å². The average Bonchev–Trinajstić information content (AvgIpc) is 2.87. The van der Waals surface area contributed by atoms with E-state index in [-0.39, 0.29) is 36.8 Å². The number of rotatable bonds is 5. The topological polar surface area (TPSA) is 75.7 Å². The Bertz CT molecular complexity index is 695. The molecule has 1 heterocycles. The highest BCUT2D eigenvalue weighted by Gasteiger charge is 2.37. The summed E-state index contributed by atoms with van der Waals surface area (Å²) >= 11 is 0. The fourth-order valence-electron chi connectivity index (χ4n) is 3.95. The van der Waals surface area contributed by atoms with Crippen LogP contribution in [0.4, 0.5) is 5.69 Å². The summed E-state index contributed by atoms with van der Waals surface area (Å²) in [5, 5.41) is 3.14. The molecule has 6 heteroatoms. The van der Waals surface area contributed by atoms with Crippen molar-refractivity contribution in [3.63, 3.8) is 0 Å². The van der Waals surface area contributed by atoms with Gasteiger partial charge in [0.2, 0.25) is 11.8 Å². The van der Waals surface area contributed by atoms with Gasteiger partial charge in [-0.05, 0) is 31.9 Å². The molecule has 2 aliphatic rings. The van der Waals surface area contributed by atoms with E-state index in [1.54, 1.807) is 36.1 Å². The van der Waals surface area contributed by atoms with E-state index in [4.69, 9.17) is 4.74 Å². The Balaban J connectivity index is 1.68. The van der Waals surface area contributed by atoms with Crippen LogP contribution in [0.15, 0.2) is 24.3 Å². The van der Waals surface area contributed by atoms with Crippen LogP contribution in [0, 0.1) is 5.92 Å². The van der Waals surface area contributed by atoms with Gasteiger partial charge >= 0.3 is 5.97 Å². The summed E-state index contributed by atoms with van der Waals surface area (Å²) in [6.45, 7) is 2.32. The Morgan fingerprint density at radius 2 is 1.85 bits per heavy atom. The predicted octanol–water partition coefficient (Wildman–Crippen LogP) is 3.06. The summed E-state index contributed by atoms with van der Waals surface area (Å²) in [7, 11) is 0. The van der Waals surface area contributed by atoms with Crippen molar-refractivity contribution in [3.05, 3.63) is 29.8 Å². The quantitative estimate of drug-likeness (QED) is 0.637. The van der Waals surface area contributed by atoms with Gasteiger partial charge in [0.05, 0.1) is 23.8 Å². The monoisotopic (exact) mass is 372 g/mol. The zero-order valence-corrected chi connectivity index (χ0v) is 15.9. The number of nitrogens with zero attached hydrogens (tertiary/aromatic N) is 1. The fraction of sp³-hybridized carbons (Fsp3) is 0.571. The highest BCUT2D eigenvalue weighted by atomic mass is 16.5. The molecular weight excluding hydrogens is 344 g/mol. The summed E-state index contributed by atoms with van der Waals surface area (Å²) in [5.41, 5.74) is 0.878. The first-order chi connectivity index (χ1) is 13.1. The first-order valence-electron chi connectivity index (χ1n) is 9.97. The van der Waals surface area contributed by atoms with Gasteiger partial charge in [-0.1, -0.05) is 37.8 Å². The SMILES string of the molecule is CCOC(=O)c1ccccc1N1CC(C(=O)NC2CCCCCC2)CC1=O. The first-order valence-corrected chi connectivity index (χ1v) is 9.97. The maximum Gasteiger partial charge on any atom is 0.340 e. The van der Waals surface area contributed by atoms with Gasteiger partial charge < -0.3 is 15.0 Å². The Morgan fingerprint density at radius 3 is 2.56 bits per heavy atom. The second-order valence-corrected chi connectivity index (χ2v) is 7.34. The molecule has 1 aliphatic heterocycles. The third-order valence-corrected chi connectivity index (χ3v) is 5.39. The second-order valence-electron chi connectivity index (χ2n) is 7.34. The van der Waals surface area contributed by atoms with Crippen LogP contribution < -0.4 is 10.2 Å². The molecule has 6 nitrogen and oxygen atoms in total. The van der Waals surface area contributed by atoms with Crippen molar-refractivity contribution in [1.82, 2.24) is 5.32 Å². The van der Waals surface area contributed by atoms with E-state index in [2.05, 4.69) is 5.32 Å². The zero-order chi connectivity index (χ0) is 19.2. The maximum atomic E-state index is 12.7. The smallest absolute Gasteiger partial charge is 0.340 e. The van der Waals surface area contributed by atoms with E-state index in [1.165, 1.54) is 12.8 Å². The number of carbonyl (C=O) groups is 3. The third kappa shape index (κ3) is 4.67. The Kier molecular flexibility index (Phi) is 6.48. The molecule has 2 amide bonds. The van der Waals surface area contributed by atoms with Crippen LogP contribution in [0.3, 0.4) is 0 Å². The van der Waals surface area contributed by atoms with Gasteiger partial charge in [-0.25, -0.2) is 4.79 Å². The van der Waals surface area contributed by atoms with Crippen molar-refractivity contribution in [2.24, 2.45) is 5.92 Å². The number of anilines is 1. The number of nitrogens with one attached hydrogen (secondary N) is 1. The van der Waals surface area contributed by atoms with E-state index in [0.717, 1.165) is 25.7 Å². The number of hydrogen-bond acceptors (Lipinski definition) is 4. The molecule has 2 fully saturated rings. The molecule has 27 heavy (non-hydrogen) atoms. The van der Waals surface area contributed by atoms with Gasteiger partial charge in [-0.3, -0.25) is 9.59 Å². The summed E-state index contributed by atoms with van der Waals surface area (Å²) in [6, 6.07) is 7.13. The summed E-state index contributed by atoms with van der Waals surface area (Å²) in [5.74, 6) is -1.01. The van der Waals surface area contributed by atoms with Gasteiger partial charge in [0.25, 0.3) is 0 Å². The molecule has 0 radical (unpaired) electrons. The highest BCUT2D eigenvalue weighted by molar-refractivity contribution is 6.05. The van der Waals surface area contributed by atoms with E-state index in [1.807, 2.05) is 0 Å². The third-order valence-electron chi connectivity index (χ3n) is 5.39. The lowest BCUT2D eigenvalue weighted by atomic mass is 10.0. The Morgan fingerprint density at radius 1 is 1.15 bits per heavy atom. The van der Waals surface area contributed by atoms with E-state index < -0.39 is 5.97 Å². The maximum absolute atomic E-state index is 12.7. The van der Waals surface area contributed by atoms with E-state index >= 15 is 0 Å². The molecule has 146 valence electrons. The van der Waals surface area contributed by atoms with E-state index in [0.29, 0.717) is 17.8 Å². The number of benzene rings is 1. The van der Waals surface area contributed by atoms with Crippen molar-refractivity contribution >= 4 is 23.5 Å². The highest BCUT2D eigenvalue weighted by Crippen LogP contribution is 2.29. The molecule has 1 atom stereocenters. The Labute approximate surface area is 160 Å². The molecule has 0 aromatic heterocycles. The number of amides is 2. The van der Waals surface area contributed by atoms with Gasteiger partial charge in [0.15, 0.2) is 0 Å². The van der Waals surface area contributed by atoms with Crippen LogP contribution in [0.2, 0.25) is 0 Å². The molecule has 1 aromatic rings. The summed E-state index contributed by atoms with van der Waals surface area (Å²) < 4.78 is 5.09. The van der Waals surface area contributed by atoms with Crippen LogP contribution in [0.25, 0.3) is 0 Å². The molecule has 1 aromatic carbocycles. The van der Waals surface area contributed by atoms with Crippen LogP contribution in [0.1, 0.15) is 62.2 Å². The first kappa shape index (κ1) is 19.4. The predicted molar refractivity (Wildman–Crippen MR) is 102 cm³/mol. The molecule has 1 N–H and O–H groups in total. The second kappa shape index (κ2) is 9.02. The Hall–Kier alpha value is -2.37. The average molecular weight is 372 g/mol. The number of ether oxygens (including phenoxy) is 1. The van der Waals surface area contributed by atoms with Crippen LogP contribution in [-0.2, 0) is 14.3 Å².